The first-order valence-corrected chi connectivity index (χ1v) is 8.43. The van der Waals surface area contributed by atoms with Crippen molar-refractivity contribution in [2.24, 2.45) is 4.99 Å². The van der Waals surface area contributed by atoms with Crippen molar-refractivity contribution in [3.05, 3.63) is 57.6 Å². The van der Waals surface area contributed by atoms with Crippen molar-refractivity contribution in [3.63, 3.8) is 0 Å². The second-order valence-electron chi connectivity index (χ2n) is 5.30. The minimum atomic E-state index is 0.924. The molecule has 0 N–H and O–H groups in total. The maximum Gasteiger partial charge on any atom is 0.0694 e. The van der Waals surface area contributed by atoms with E-state index in [1.807, 2.05) is 29.8 Å². The number of aryl methyl sites for hydroxylation is 1. The molecule has 2 nitrogen and oxygen atoms in total. The molecule has 0 bridgehead atoms. The van der Waals surface area contributed by atoms with Gasteiger partial charge in [0.1, 0.15) is 0 Å². The molecule has 2 aromatic heterocycles. The summed E-state index contributed by atoms with van der Waals surface area (Å²) < 4.78 is 0. The summed E-state index contributed by atoms with van der Waals surface area (Å²) in [5.74, 6) is 0. The Labute approximate surface area is 130 Å². The number of pyridine rings is 1. The van der Waals surface area contributed by atoms with Crippen LogP contribution in [0, 0.1) is 0 Å². The third-order valence-corrected chi connectivity index (χ3v) is 4.70. The lowest BCUT2D eigenvalue weighted by molar-refractivity contribution is 0.818. The van der Waals surface area contributed by atoms with E-state index in [-0.39, 0.29) is 0 Å². The topological polar surface area (TPSA) is 25.2 Å². The van der Waals surface area contributed by atoms with E-state index in [0.29, 0.717) is 0 Å². The van der Waals surface area contributed by atoms with E-state index < -0.39 is 0 Å². The van der Waals surface area contributed by atoms with Gasteiger partial charge >= 0.3 is 0 Å². The number of aliphatic imine (C=N–C) groups is 1. The van der Waals surface area contributed by atoms with Gasteiger partial charge in [-0.1, -0.05) is 13.3 Å². The van der Waals surface area contributed by atoms with Gasteiger partial charge in [-0.3, -0.25) is 9.98 Å². The largest absolute Gasteiger partial charge is 0.284 e. The summed E-state index contributed by atoms with van der Waals surface area (Å²) in [4.78, 5) is 11.8. The van der Waals surface area contributed by atoms with Gasteiger partial charge in [-0.25, -0.2) is 0 Å². The minimum absolute atomic E-state index is 0.924. The van der Waals surface area contributed by atoms with Crippen molar-refractivity contribution in [1.82, 2.24) is 4.98 Å². The van der Waals surface area contributed by atoms with E-state index in [0.717, 1.165) is 30.7 Å². The lowest BCUT2D eigenvalue weighted by Crippen LogP contribution is -2.11. The van der Waals surface area contributed by atoms with Crippen molar-refractivity contribution < 1.29 is 0 Å². The number of nitrogens with zero attached hydrogens (tertiary/aromatic N) is 2. The highest BCUT2D eigenvalue weighted by atomic mass is 32.1. The Morgan fingerprint density at radius 3 is 3.05 bits per heavy atom. The maximum atomic E-state index is 4.73. The smallest absolute Gasteiger partial charge is 0.0694 e. The number of allylic oxidation sites excluding steroid dienone is 1. The van der Waals surface area contributed by atoms with Crippen LogP contribution in [0.3, 0.4) is 0 Å². The number of hydrogen-bond acceptors (Lipinski definition) is 3. The highest BCUT2D eigenvalue weighted by Crippen LogP contribution is 2.25. The van der Waals surface area contributed by atoms with Gasteiger partial charge in [-0.15, -0.1) is 11.3 Å². The molecule has 0 radical (unpaired) electrons. The summed E-state index contributed by atoms with van der Waals surface area (Å²) in [5, 5.41) is 0. The molecule has 0 aromatic carbocycles. The van der Waals surface area contributed by atoms with E-state index in [2.05, 4.69) is 36.2 Å². The first-order valence-electron chi connectivity index (χ1n) is 7.61. The van der Waals surface area contributed by atoms with E-state index in [9.17, 15) is 0 Å². The average molecular weight is 296 g/mol. The van der Waals surface area contributed by atoms with Gasteiger partial charge in [0.2, 0.25) is 0 Å². The van der Waals surface area contributed by atoms with Crippen LogP contribution in [0.25, 0.3) is 6.08 Å². The molecular formula is C18H20N2S. The Kier molecular flexibility index (Phi) is 4.61. The summed E-state index contributed by atoms with van der Waals surface area (Å²) in [7, 11) is 0. The van der Waals surface area contributed by atoms with Crippen LogP contribution in [-0.2, 0) is 6.42 Å². The van der Waals surface area contributed by atoms with Gasteiger partial charge in [0, 0.05) is 34.3 Å². The quantitative estimate of drug-likeness (QED) is 0.798. The molecule has 0 saturated heterocycles. The van der Waals surface area contributed by atoms with Crippen LogP contribution < -0.4 is 0 Å². The monoisotopic (exact) mass is 296 g/mol. The summed E-state index contributed by atoms with van der Waals surface area (Å²) >= 11 is 1.90. The van der Waals surface area contributed by atoms with Gasteiger partial charge in [0.25, 0.3) is 0 Å². The second kappa shape index (κ2) is 6.81. The average Bonchev–Trinajstić information content (AvgIpc) is 2.96. The molecule has 21 heavy (non-hydrogen) atoms. The fourth-order valence-corrected chi connectivity index (χ4v) is 3.71. The molecular weight excluding hydrogens is 276 g/mol. The van der Waals surface area contributed by atoms with Gasteiger partial charge in [0.15, 0.2) is 0 Å². The van der Waals surface area contributed by atoms with Crippen molar-refractivity contribution in [2.45, 2.75) is 32.6 Å². The number of aromatic nitrogens is 1. The zero-order chi connectivity index (χ0) is 14.5. The van der Waals surface area contributed by atoms with Crippen LogP contribution in [0.2, 0.25) is 0 Å². The minimum Gasteiger partial charge on any atom is -0.284 e. The molecule has 3 heterocycles. The molecule has 1 aliphatic rings. The lowest BCUT2D eigenvalue weighted by atomic mass is 9.96. The van der Waals surface area contributed by atoms with E-state index in [1.165, 1.54) is 28.2 Å². The van der Waals surface area contributed by atoms with Crippen LogP contribution in [-0.4, -0.2) is 17.2 Å². The predicted molar refractivity (Wildman–Crippen MR) is 91.2 cm³/mol. The van der Waals surface area contributed by atoms with Crippen molar-refractivity contribution >= 4 is 23.1 Å². The first kappa shape index (κ1) is 14.2. The van der Waals surface area contributed by atoms with Gasteiger partial charge in [-0.05, 0) is 55.2 Å². The van der Waals surface area contributed by atoms with Crippen LogP contribution in [0.4, 0.5) is 0 Å². The number of rotatable bonds is 4. The van der Waals surface area contributed by atoms with Crippen molar-refractivity contribution in [1.29, 1.82) is 0 Å². The molecule has 3 rings (SSSR count). The van der Waals surface area contributed by atoms with Gasteiger partial charge < -0.3 is 0 Å². The van der Waals surface area contributed by atoms with Crippen molar-refractivity contribution in [2.75, 3.05) is 6.54 Å². The molecule has 3 heteroatoms. The Morgan fingerprint density at radius 2 is 2.24 bits per heavy atom. The molecule has 0 saturated carbocycles. The van der Waals surface area contributed by atoms with Crippen LogP contribution >= 0.6 is 11.3 Å². The van der Waals surface area contributed by atoms with Gasteiger partial charge in [-0.2, -0.15) is 0 Å². The van der Waals surface area contributed by atoms with Crippen LogP contribution in [0.5, 0.6) is 0 Å². The zero-order valence-corrected chi connectivity index (χ0v) is 13.2. The normalized spacial score (nSPS) is 17.0. The Balaban J connectivity index is 1.89. The van der Waals surface area contributed by atoms with Crippen LogP contribution in [0.15, 0.2) is 47.2 Å². The molecule has 0 fully saturated rings. The summed E-state index contributed by atoms with van der Waals surface area (Å²) in [6, 6.07) is 8.57. The fraction of sp³-hybridized carbons (Fsp3) is 0.333. The van der Waals surface area contributed by atoms with Crippen LogP contribution in [0.1, 0.15) is 41.5 Å². The van der Waals surface area contributed by atoms with E-state index in [1.54, 1.807) is 0 Å². The summed E-state index contributed by atoms with van der Waals surface area (Å²) in [6.07, 6.45) is 10.7. The maximum absolute atomic E-state index is 4.73. The lowest BCUT2D eigenvalue weighted by Gasteiger charge is -2.15. The number of thiophene rings is 1. The molecule has 0 unspecified atom stereocenters. The SMILES string of the molecule is CCCc1ccc(/C=C2\CCCN=C2c2cccnc2)s1. The molecule has 0 amide bonds. The fourth-order valence-electron chi connectivity index (χ4n) is 2.62. The summed E-state index contributed by atoms with van der Waals surface area (Å²) in [5.41, 5.74) is 3.60. The number of hydrogen-bond donors (Lipinski definition) is 0. The highest BCUT2D eigenvalue weighted by molar-refractivity contribution is 7.12. The van der Waals surface area contributed by atoms with E-state index in [4.69, 9.17) is 4.99 Å². The molecule has 2 aromatic rings. The highest BCUT2D eigenvalue weighted by Gasteiger charge is 2.14. The molecule has 108 valence electrons. The first-order chi connectivity index (χ1) is 10.4. The predicted octanol–water partition coefficient (Wildman–Crippen LogP) is 4.76. The zero-order valence-electron chi connectivity index (χ0n) is 12.4. The van der Waals surface area contributed by atoms with E-state index >= 15 is 0 Å². The molecule has 0 atom stereocenters. The summed E-state index contributed by atoms with van der Waals surface area (Å²) in [6.45, 7) is 3.15. The van der Waals surface area contributed by atoms with Gasteiger partial charge in [0.05, 0.1) is 5.71 Å². The van der Waals surface area contributed by atoms with Crippen molar-refractivity contribution in [3.8, 4) is 0 Å². The Bertz CT molecular complexity index is 653. The second-order valence-corrected chi connectivity index (χ2v) is 6.50. The standard InChI is InChI=1S/C18H20N2S/c1-2-5-16-8-9-17(21-16)12-14-6-4-11-20-18(14)15-7-3-10-19-13-15/h3,7-10,12-13H,2,4-6,11H2,1H3/b14-12+. The Hall–Kier alpha value is -1.74. The third kappa shape index (κ3) is 3.48. The third-order valence-electron chi connectivity index (χ3n) is 3.61. The Morgan fingerprint density at radius 1 is 1.29 bits per heavy atom. The molecule has 1 aliphatic heterocycles. The molecule has 0 aliphatic carbocycles. The molecule has 0 spiro atoms.